The van der Waals surface area contributed by atoms with Crippen molar-refractivity contribution >= 4 is 29.1 Å². The van der Waals surface area contributed by atoms with Crippen LogP contribution < -0.4 is 15.4 Å². The van der Waals surface area contributed by atoms with Gasteiger partial charge in [0.25, 0.3) is 5.91 Å². The molecule has 1 aliphatic heterocycles. The van der Waals surface area contributed by atoms with Crippen molar-refractivity contribution in [1.82, 2.24) is 10.2 Å². The van der Waals surface area contributed by atoms with Crippen LogP contribution in [0.3, 0.4) is 0 Å². The normalized spacial score (nSPS) is 16.8. The Morgan fingerprint density at radius 3 is 2.96 bits per heavy atom. The lowest BCUT2D eigenvalue weighted by Gasteiger charge is -2.32. The number of carbonyl (C=O) groups is 2. The van der Waals surface area contributed by atoms with E-state index in [-0.39, 0.29) is 24.4 Å². The first-order chi connectivity index (χ1) is 13.1. The molecule has 1 atom stereocenters. The summed E-state index contributed by atoms with van der Waals surface area (Å²) < 4.78 is 10.3. The van der Waals surface area contributed by atoms with E-state index in [1.165, 1.54) is 13.4 Å². The number of nitrogens with zero attached hydrogens (tertiary/aromatic N) is 1. The van der Waals surface area contributed by atoms with Crippen molar-refractivity contribution < 1.29 is 18.7 Å². The number of nitrogens with one attached hydrogen (secondary N) is 2. The molecule has 144 valence electrons. The van der Waals surface area contributed by atoms with Crippen LogP contribution in [-0.4, -0.2) is 49.5 Å². The highest BCUT2D eigenvalue weighted by atomic mass is 35.5. The Balaban J connectivity index is 1.49. The van der Waals surface area contributed by atoms with E-state index in [2.05, 4.69) is 10.6 Å². The van der Waals surface area contributed by atoms with E-state index in [0.29, 0.717) is 35.3 Å². The van der Waals surface area contributed by atoms with Gasteiger partial charge in [-0.05, 0) is 37.1 Å². The molecule has 3 rings (SSSR count). The van der Waals surface area contributed by atoms with Crippen LogP contribution in [0.1, 0.15) is 23.4 Å². The molecule has 1 aromatic heterocycles. The number of amides is 2. The number of benzene rings is 1. The van der Waals surface area contributed by atoms with Crippen molar-refractivity contribution in [1.29, 1.82) is 0 Å². The molecule has 1 aromatic carbocycles. The molecule has 1 saturated heterocycles. The van der Waals surface area contributed by atoms with Crippen LogP contribution in [0.15, 0.2) is 41.0 Å². The Bertz CT molecular complexity index is 794. The second kappa shape index (κ2) is 8.92. The summed E-state index contributed by atoms with van der Waals surface area (Å²) in [6, 6.07) is 8.47. The zero-order chi connectivity index (χ0) is 19.2. The number of piperidine rings is 1. The summed E-state index contributed by atoms with van der Waals surface area (Å²) in [4.78, 5) is 26.3. The smallest absolute Gasteiger partial charge is 0.289 e. The van der Waals surface area contributed by atoms with E-state index in [1.807, 2.05) is 0 Å². The Hall–Kier alpha value is -2.51. The third kappa shape index (κ3) is 5.02. The van der Waals surface area contributed by atoms with E-state index < -0.39 is 0 Å². The van der Waals surface area contributed by atoms with Crippen LogP contribution in [0.2, 0.25) is 5.02 Å². The monoisotopic (exact) mass is 391 g/mol. The number of carbonyl (C=O) groups excluding carboxylic acids is 2. The summed E-state index contributed by atoms with van der Waals surface area (Å²) >= 11 is 5.98. The van der Waals surface area contributed by atoms with E-state index in [4.69, 9.17) is 20.8 Å². The van der Waals surface area contributed by atoms with Crippen molar-refractivity contribution in [2.45, 2.75) is 18.9 Å². The second-order valence-corrected chi connectivity index (χ2v) is 6.75. The Morgan fingerprint density at radius 1 is 1.37 bits per heavy atom. The predicted molar refractivity (Wildman–Crippen MR) is 102 cm³/mol. The molecule has 0 aliphatic carbocycles. The Morgan fingerprint density at radius 2 is 2.22 bits per heavy atom. The summed E-state index contributed by atoms with van der Waals surface area (Å²) in [7, 11) is 1.52. The van der Waals surface area contributed by atoms with Crippen molar-refractivity contribution in [3.05, 3.63) is 47.4 Å². The Labute approximate surface area is 162 Å². The van der Waals surface area contributed by atoms with Crippen molar-refractivity contribution in [3.63, 3.8) is 0 Å². The molecule has 0 bridgehead atoms. The first kappa shape index (κ1) is 19.3. The fourth-order valence-corrected chi connectivity index (χ4v) is 3.26. The van der Waals surface area contributed by atoms with Gasteiger partial charge in [-0.15, -0.1) is 0 Å². The fourth-order valence-electron chi connectivity index (χ4n) is 3.06. The average Bonchev–Trinajstić information content (AvgIpc) is 3.22. The number of anilines is 1. The molecule has 1 aliphatic rings. The molecule has 27 heavy (non-hydrogen) atoms. The lowest BCUT2D eigenvalue weighted by molar-refractivity contribution is -0.115. The van der Waals surface area contributed by atoms with Gasteiger partial charge in [-0.25, -0.2) is 0 Å². The fraction of sp³-hybridized carbons (Fsp3) is 0.368. The number of hydrogen-bond acceptors (Lipinski definition) is 5. The maximum atomic E-state index is 12.4. The maximum absolute atomic E-state index is 12.4. The maximum Gasteiger partial charge on any atom is 0.289 e. The number of ether oxygens (including phenoxy) is 1. The van der Waals surface area contributed by atoms with Gasteiger partial charge >= 0.3 is 0 Å². The molecule has 2 N–H and O–H groups in total. The third-order valence-electron chi connectivity index (χ3n) is 4.43. The van der Waals surface area contributed by atoms with Gasteiger partial charge in [0.05, 0.1) is 24.9 Å². The number of hydrogen-bond donors (Lipinski definition) is 2. The number of furan rings is 1. The van der Waals surface area contributed by atoms with Crippen LogP contribution in [-0.2, 0) is 4.79 Å². The molecule has 2 aromatic rings. The van der Waals surface area contributed by atoms with E-state index in [9.17, 15) is 9.59 Å². The molecule has 8 heteroatoms. The summed E-state index contributed by atoms with van der Waals surface area (Å²) in [5.74, 6) is 0.546. The molecule has 1 fully saturated rings. The van der Waals surface area contributed by atoms with Gasteiger partial charge in [-0.1, -0.05) is 11.6 Å². The van der Waals surface area contributed by atoms with Crippen LogP contribution in [0, 0.1) is 0 Å². The van der Waals surface area contributed by atoms with Crippen molar-refractivity contribution in [2.75, 3.05) is 32.1 Å². The molecule has 7 nitrogen and oxygen atoms in total. The number of halogens is 1. The third-order valence-corrected chi connectivity index (χ3v) is 4.74. The van der Waals surface area contributed by atoms with Gasteiger partial charge < -0.3 is 24.7 Å². The minimum absolute atomic E-state index is 0.0585. The standard InChI is InChI=1S/C19H22ClN3O4/c1-26-17-10-13(6-7-15(17)20)22-18(24)11-21-14-4-2-8-23(12-14)19(25)16-5-3-9-27-16/h3,5-7,9-10,14,21H,2,4,8,11-12H2,1H3,(H,22,24)/t14-/m1/s1. The molecular formula is C19H22ClN3O4. The van der Waals surface area contributed by atoms with Gasteiger partial charge in [0.1, 0.15) is 5.75 Å². The zero-order valence-corrected chi connectivity index (χ0v) is 15.8. The SMILES string of the molecule is COc1cc(NC(=O)CN[C@@H]2CCCN(C(=O)c3ccco3)C2)ccc1Cl. The number of rotatable bonds is 6. The summed E-state index contributed by atoms with van der Waals surface area (Å²) in [5.41, 5.74) is 0.612. The summed E-state index contributed by atoms with van der Waals surface area (Å²) in [6.07, 6.45) is 3.27. The van der Waals surface area contributed by atoms with Crippen LogP contribution in [0.4, 0.5) is 5.69 Å². The van der Waals surface area contributed by atoms with E-state index in [0.717, 1.165) is 12.8 Å². The lowest BCUT2D eigenvalue weighted by Crippen LogP contribution is -2.49. The molecular weight excluding hydrogens is 370 g/mol. The molecule has 0 spiro atoms. The van der Waals surface area contributed by atoms with E-state index >= 15 is 0 Å². The molecule has 0 unspecified atom stereocenters. The molecule has 0 saturated carbocycles. The van der Waals surface area contributed by atoms with Gasteiger partial charge in [0, 0.05) is 30.9 Å². The van der Waals surface area contributed by atoms with Crippen molar-refractivity contribution in [2.24, 2.45) is 0 Å². The first-order valence-electron chi connectivity index (χ1n) is 8.76. The van der Waals surface area contributed by atoms with Crippen LogP contribution >= 0.6 is 11.6 Å². The minimum Gasteiger partial charge on any atom is -0.495 e. The summed E-state index contributed by atoms with van der Waals surface area (Å²) in [5, 5.41) is 6.51. The molecule has 2 heterocycles. The lowest BCUT2D eigenvalue weighted by atomic mass is 10.1. The predicted octanol–water partition coefficient (Wildman–Crippen LogP) is 2.77. The zero-order valence-electron chi connectivity index (χ0n) is 15.0. The highest BCUT2D eigenvalue weighted by Gasteiger charge is 2.25. The largest absolute Gasteiger partial charge is 0.495 e. The van der Waals surface area contributed by atoms with Gasteiger partial charge in [0.15, 0.2) is 5.76 Å². The Kier molecular flexibility index (Phi) is 6.36. The topological polar surface area (TPSA) is 83.8 Å². The van der Waals surface area contributed by atoms with Crippen molar-refractivity contribution in [3.8, 4) is 5.75 Å². The molecule has 2 amide bonds. The average molecular weight is 392 g/mol. The van der Waals surface area contributed by atoms with Gasteiger partial charge in [0.2, 0.25) is 5.91 Å². The van der Waals surface area contributed by atoms with E-state index in [1.54, 1.807) is 35.2 Å². The second-order valence-electron chi connectivity index (χ2n) is 6.35. The number of methoxy groups -OCH3 is 1. The summed E-state index contributed by atoms with van der Waals surface area (Å²) in [6.45, 7) is 1.38. The highest BCUT2D eigenvalue weighted by molar-refractivity contribution is 6.32. The highest BCUT2D eigenvalue weighted by Crippen LogP contribution is 2.27. The molecule has 0 radical (unpaired) electrons. The first-order valence-corrected chi connectivity index (χ1v) is 9.14. The van der Waals surface area contributed by atoms with Crippen LogP contribution in [0.5, 0.6) is 5.75 Å². The van der Waals surface area contributed by atoms with Gasteiger partial charge in [-0.3, -0.25) is 9.59 Å². The van der Waals surface area contributed by atoms with Crippen LogP contribution in [0.25, 0.3) is 0 Å². The quantitative estimate of drug-likeness (QED) is 0.791. The van der Waals surface area contributed by atoms with Gasteiger partial charge in [-0.2, -0.15) is 0 Å². The minimum atomic E-state index is -0.172. The number of likely N-dealkylation sites (tertiary alicyclic amines) is 1.